The molecule has 2 heterocycles. The lowest BCUT2D eigenvalue weighted by molar-refractivity contribution is 0.128. The van der Waals surface area contributed by atoms with Crippen molar-refractivity contribution < 1.29 is 4.74 Å². The van der Waals surface area contributed by atoms with Crippen molar-refractivity contribution in [3.8, 4) is 0 Å². The highest BCUT2D eigenvalue weighted by Gasteiger charge is 2.39. The number of nitrogens with one attached hydrogen (secondary N) is 1. The topological polar surface area (TPSA) is 21.3 Å². The summed E-state index contributed by atoms with van der Waals surface area (Å²) < 4.78 is 5.27. The Morgan fingerprint density at radius 2 is 2.43 bits per heavy atom. The molecule has 0 aromatic carbocycles. The van der Waals surface area contributed by atoms with Gasteiger partial charge in [-0.15, -0.1) is 0 Å². The van der Waals surface area contributed by atoms with Crippen LogP contribution in [0.1, 0.15) is 26.2 Å². The van der Waals surface area contributed by atoms with Gasteiger partial charge in [-0.3, -0.25) is 0 Å². The van der Waals surface area contributed by atoms with Crippen molar-refractivity contribution in [2.24, 2.45) is 5.92 Å². The zero-order valence-electron chi connectivity index (χ0n) is 9.21. The minimum atomic E-state index is 0.239. The quantitative estimate of drug-likeness (QED) is 0.777. The summed E-state index contributed by atoms with van der Waals surface area (Å²) >= 11 is 2.18. The smallest absolute Gasteiger partial charge is 0.0641 e. The van der Waals surface area contributed by atoms with Crippen molar-refractivity contribution in [3.05, 3.63) is 0 Å². The van der Waals surface area contributed by atoms with Crippen LogP contribution in [0.5, 0.6) is 0 Å². The van der Waals surface area contributed by atoms with E-state index < -0.39 is 0 Å². The molecule has 14 heavy (non-hydrogen) atoms. The van der Waals surface area contributed by atoms with Gasteiger partial charge in [0.15, 0.2) is 0 Å². The number of hydrogen-bond donors (Lipinski definition) is 1. The zero-order valence-corrected chi connectivity index (χ0v) is 10.0. The molecule has 0 radical (unpaired) electrons. The van der Waals surface area contributed by atoms with E-state index in [1.807, 2.05) is 0 Å². The van der Waals surface area contributed by atoms with Crippen LogP contribution in [0.2, 0.25) is 0 Å². The lowest BCUT2D eigenvalue weighted by Gasteiger charge is -2.24. The van der Waals surface area contributed by atoms with Gasteiger partial charge in [-0.1, -0.05) is 0 Å². The van der Waals surface area contributed by atoms with Gasteiger partial charge in [0.1, 0.15) is 0 Å². The molecule has 0 spiro atoms. The minimum absolute atomic E-state index is 0.239. The van der Waals surface area contributed by atoms with Crippen LogP contribution in [0.25, 0.3) is 0 Å². The zero-order chi connectivity index (χ0) is 10.0. The predicted octanol–water partition coefficient (Wildman–Crippen LogP) is 1.90. The molecule has 0 aromatic rings. The van der Waals surface area contributed by atoms with Crippen LogP contribution in [-0.2, 0) is 4.74 Å². The SMILES string of the molecule is COCC1(C)CC(C2CCCS2)CN1. The second-order valence-electron chi connectivity index (χ2n) is 4.89. The van der Waals surface area contributed by atoms with Crippen LogP contribution in [-0.4, -0.2) is 36.8 Å². The van der Waals surface area contributed by atoms with Gasteiger partial charge in [0, 0.05) is 17.9 Å². The van der Waals surface area contributed by atoms with E-state index >= 15 is 0 Å². The van der Waals surface area contributed by atoms with Crippen molar-refractivity contribution in [3.63, 3.8) is 0 Å². The number of ether oxygens (including phenoxy) is 1. The van der Waals surface area contributed by atoms with Crippen LogP contribution in [0.15, 0.2) is 0 Å². The first kappa shape index (κ1) is 10.8. The Balaban J connectivity index is 1.86. The van der Waals surface area contributed by atoms with E-state index in [-0.39, 0.29) is 5.54 Å². The molecule has 0 aliphatic carbocycles. The lowest BCUT2D eigenvalue weighted by Crippen LogP contribution is -2.40. The summed E-state index contributed by atoms with van der Waals surface area (Å²) in [6, 6.07) is 0. The standard InChI is InChI=1S/C11H21NOS/c1-11(8-13-2)6-9(7-12-11)10-4-3-5-14-10/h9-10,12H,3-8H2,1-2H3. The highest BCUT2D eigenvalue weighted by molar-refractivity contribution is 8.00. The number of thioether (sulfide) groups is 1. The first-order valence-electron chi connectivity index (χ1n) is 5.59. The number of methoxy groups -OCH3 is 1. The van der Waals surface area contributed by atoms with Gasteiger partial charge < -0.3 is 10.1 Å². The maximum atomic E-state index is 5.27. The molecule has 3 heteroatoms. The monoisotopic (exact) mass is 215 g/mol. The van der Waals surface area contributed by atoms with Crippen molar-refractivity contribution in [1.29, 1.82) is 0 Å². The second-order valence-corrected chi connectivity index (χ2v) is 6.24. The summed E-state index contributed by atoms with van der Waals surface area (Å²) in [4.78, 5) is 0. The Labute approximate surface area is 91.2 Å². The number of rotatable bonds is 3. The van der Waals surface area contributed by atoms with Crippen LogP contribution < -0.4 is 5.32 Å². The van der Waals surface area contributed by atoms with Crippen LogP contribution in [0, 0.1) is 5.92 Å². The Hall–Kier alpha value is 0.270. The van der Waals surface area contributed by atoms with Crippen LogP contribution >= 0.6 is 11.8 Å². The molecular weight excluding hydrogens is 194 g/mol. The van der Waals surface area contributed by atoms with Crippen molar-refractivity contribution >= 4 is 11.8 Å². The molecule has 3 unspecified atom stereocenters. The molecule has 0 saturated carbocycles. The average molecular weight is 215 g/mol. The predicted molar refractivity (Wildman–Crippen MR) is 61.9 cm³/mol. The van der Waals surface area contributed by atoms with E-state index in [0.29, 0.717) is 0 Å². The van der Waals surface area contributed by atoms with Gasteiger partial charge in [-0.05, 0) is 44.4 Å². The molecule has 2 saturated heterocycles. The van der Waals surface area contributed by atoms with Gasteiger partial charge in [0.25, 0.3) is 0 Å². The molecule has 1 N–H and O–H groups in total. The minimum Gasteiger partial charge on any atom is -0.383 e. The fraction of sp³-hybridized carbons (Fsp3) is 1.00. The summed E-state index contributed by atoms with van der Waals surface area (Å²) in [6.07, 6.45) is 4.14. The molecule has 2 nitrogen and oxygen atoms in total. The van der Waals surface area contributed by atoms with Crippen LogP contribution in [0.4, 0.5) is 0 Å². The normalized spacial score (nSPS) is 43.3. The van der Waals surface area contributed by atoms with Gasteiger partial charge in [0.05, 0.1) is 6.61 Å². The Kier molecular flexibility index (Phi) is 3.40. The summed E-state index contributed by atoms with van der Waals surface area (Å²) in [5.74, 6) is 2.25. The summed E-state index contributed by atoms with van der Waals surface area (Å²) in [5.41, 5.74) is 0.239. The molecule has 0 aromatic heterocycles. The first-order valence-corrected chi connectivity index (χ1v) is 6.64. The third-order valence-electron chi connectivity index (χ3n) is 3.46. The molecule has 2 rings (SSSR count). The molecule has 0 bridgehead atoms. The maximum absolute atomic E-state index is 5.27. The van der Waals surface area contributed by atoms with Gasteiger partial charge >= 0.3 is 0 Å². The first-order chi connectivity index (χ1) is 6.73. The highest BCUT2D eigenvalue weighted by atomic mass is 32.2. The van der Waals surface area contributed by atoms with E-state index in [4.69, 9.17) is 4.74 Å². The molecule has 82 valence electrons. The Morgan fingerprint density at radius 3 is 3.07 bits per heavy atom. The Morgan fingerprint density at radius 1 is 1.57 bits per heavy atom. The van der Waals surface area contributed by atoms with Crippen molar-refractivity contribution in [1.82, 2.24) is 5.32 Å². The van der Waals surface area contributed by atoms with E-state index in [1.165, 1.54) is 31.6 Å². The summed E-state index contributed by atoms with van der Waals surface area (Å²) in [7, 11) is 1.80. The number of hydrogen-bond acceptors (Lipinski definition) is 3. The fourth-order valence-corrected chi connectivity index (χ4v) is 4.20. The summed E-state index contributed by atoms with van der Waals surface area (Å²) in [6.45, 7) is 4.33. The van der Waals surface area contributed by atoms with Crippen molar-refractivity contribution in [2.45, 2.75) is 37.0 Å². The second kappa shape index (κ2) is 4.42. The fourth-order valence-electron chi connectivity index (χ4n) is 2.77. The molecule has 3 atom stereocenters. The van der Waals surface area contributed by atoms with E-state index in [0.717, 1.165) is 17.8 Å². The third kappa shape index (κ3) is 2.26. The van der Waals surface area contributed by atoms with Crippen molar-refractivity contribution in [2.75, 3.05) is 26.0 Å². The Bertz CT molecular complexity index is 194. The molecule has 2 fully saturated rings. The highest BCUT2D eigenvalue weighted by Crippen LogP contribution is 2.38. The molecule has 2 aliphatic rings. The molecule has 2 aliphatic heterocycles. The average Bonchev–Trinajstić information content (AvgIpc) is 2.73. The lowest BCUT2D eigenvalue weighted by atomic mass is 9.92. The van der Waals surface area contributed by atoms with Gasteiger partial charge in [0.2, 0.25) is 0 Å². The van der Waals surface area contributed by atoms with E-state index in [2.05, 4.69) is 24.0 Å². The largest absolute Gasteiger partial charge is 0.383 e. The van der Waals surface area contributed by atoms with Gasteiger partial charge in [-0.2, -0.15) is 11.8 Å². The summed E-state index contributed by atoms with van der Waals surface area (Å²) in [5, 5.41) is 4.54. The van der Waals surface area contributed by atoms with E-state index in [9.17, 15) is 0 Å². The van der Waals surface area contributed by atoms with E-state index in [1.54, 1.807) is 7.11 Å². The molecular formula is C11H21NOS. The van der Waals surface area contributed by atoms with Crippen LogP contribution in [0.3, 0.4) is 0 Å². The molecule has 0 amide bonds. The third-order valence-corrected chi connectivity index (χ3v) is 5.03. The van der Waals surface area contributed by atoms with Gasteiger partial charge in [-0.25, -0.2) is 0 Å². The maximum Gasteiger partial charge on any atom is 0.0641 e.